The SMILES string of the molecule is COc1cccc([C@H]2CCN(C(=O)NCCCN3CCCCC3)C2)c1OC. The first-order valence-corrected chi connectivity index (χ1v) is 10.2. The lowest BCUT2D eigenvalue weighted by Crippen LogP contribution is -2.40. The first-order valence-electron chi connectivity index (χ1n) is 10.2. The smallest absolute Gasteiger partial charge is 0.317 e. The molecule has 2 fully saturated rings. The fourth-order valence-electron chi connectivity index (χ4n) is 4.22. The molecule has 1 aromatic carbocycles. The molecule has 0 aromatic heterocycles. The highest BCUT2D eigenvalue weighted by atomic mass is 16.5. The lowest BCUT2D eigenvalue weighted by atomic mass is 9.97. The zero-order valence-corrected chi connectivity index (χ0v) is 16.7. The summed E-state index contributed by atoms with van der Waals surface area (Å²) in [7, 11) is 3.32. The van der Waals surface area contributed by atoms with Crippen LogP contribution in [-0.2, 0) is 0 Å². The average molecular weight is 376 g/mol. The summed E-state index contributed by atoms with van der Waals surface area (Å²) in [6.45, 7) is 5.77. The molecule has 150 valence electrons. The Morgan fingerprint density at radius 1 is 1.15 bits per heavy atom. The number of ether oxygens (including phenoxy) is 2. The van der Waals surface area contributed by atoms with Gasteiger partial charge in [0.25, 0.3) is 0 Å². The summed E-state index contributed by atoms with van der Waals surface area (Å²) in [5.74, 6) is 1.82. The summed E-state index contributed by atoms with van der Waals surface area (Å²) in [6, 6.07) is 6.02. The van der Waals surface area contributed by atoms with E-state index in [1.165, 1.54) is 32.4 Å². The Morgan fingerprint density at radius 2 is 1.96 bits per heavy atom. The average Bonchev–Trinajstić information content (AvgIpc) is 3.21. The van der Waals surface area contributed by atoms with E-state index in [9.17, 15) is 4.79 Å². The maximum absolute atomic E-state index is 12.5. The van der Waals surface area contributed by atoms with Crippen molar-refractivity contribution < 1.29 is 14.3 Å². The number of piperidine rings is 1. The molecule has 6 nitrogen and oxygen atoms in total. The van der Waals surface area contributed by atoms with Crippen molar-refractivity contribution in [3.63, 3.8) is 0 Å². The first kappa shape index (κ1) is 19.8. The van der Waals surface area contributed by atoms with Crippen molar-refractivity contribution in [1.29, 1.82) is 0 Å². The van der Waals surface area contributed by atoms with Crippen LogP contribution in [-0.4, -0.2) is 69.3 Å². The second-order valence-electron chi connectivity index (χ2n) is 7.50. The summed E-state index contributed by atoms with van der Waals surface area (Å²) in [5.41, 5.74) is 1.12. The van der Waals surface area contributed by atoms with Gasteiger partial charge in [-0.1, -0.05) is 18.6 Å². The van der Waals surface area contributed by atoms with Crippen molar-refractivity contribution in [2.24, 2.45) is 0 Å². The Balaban J connectivity index is 1.45. The van der Waals surface area contributed by atoms with E-state index in [4.69, 9.17) is 9.47 Å². The third kappa shape index (κ3) is 5.06. The number of methoxy groups -OCH3 is 2. The number of para-hydroxylation sites is 1. The lowest BCUT2D eigenvalue weighted by molar-refractivity contribution is 0.204. The van der Waals surface area contributed by atoms with Crippen molar-refractivity contribution in [2.45, 2.75) is 38.0 Å². The third-order valence-electron chi connectivity index (χ3n) is 5.72. The molecular weight excluding hydrogens is 342 g/mol. The monoisotopic (exact) mass is 375 g/mol. The van der Waals surface area contributed by atoms with Crippen molar-refractivity contribution in [3.05, 3.63) is 23.8 Å². The van der Waals surface area contributed by atoms with E-state index in [0.29, 0.717) is 0 Å². The van der Waals surface area contributed by atoms with Crippen molar-refractivity contribution >= 4 is 6.03 Å². The van der Waals surface area contributed by atoms with Gasteiger partial charge in [-0.05, 0) is 51.4 Å². The molecule has 0 unspecified atom stereocenters. The van der Waals surface area contributed by atoms with Crippen molar-refractivity contribution in [3.8, 4) is 11.5 Å². The van der Waals surface area contributed by atoms with Gasteiger partial charge in [0, 0.05) is 31.1 Å². The minimum atomic E-state index is 0.0537. The number of nitrogens with zero attached hydrogens (tertiary/aromatic N) is 2. The highest BCUT2D eigenvalue weighted by Crippen LogP contribution is 2.39. The van der Waals surface area contributed by atoms with Crippen LogP contribution in [0.1, 0.15) is 43.6 Å². The van der Waals surface area contributed by atoms with Gasteiger partial charge in [0.05, 0.1) is 14.2 Å². The van der Waals surface area contributed by atoms with Gasteiger partial charge in [-0.15, -0.1) is 0 Å². The lowest BCUT2D eigenvalue weighted by Gasteiger charge is -2.26. The van der Waals surface area contributed by atoms with Crippen LogP contribution in [0, 0.1) is 0 Å². The molecule has 2 aliphatic rings. The molecule has 2 aliphatic heterocycles. The topological polar surface area (TPSA) is 54.0 Å². The van der Waals surface area contributed by atoms with E-state index in [0.717, 1.165) is 56.1 Å². The molecule has 6 heteroatoms. The Hall–Kier alpha value is -1.95. The fourth-order valence-corrected chi connectivity index (χ4v) is 4.22. The van der Waals surface area contributed by atoms with E-state index in [1.54, 1.807) is 14.2 Å². The van der Waals surface area contributed by atoms with Crippen molar-refractivity contribution in [2.75, 3.05) is 53.5 Å². The number of rotatable bonds is 7. The molecule has 2 amide bonds. The summed E-state index contributed by atoms with van der Waals surface area (Å²) < 4.78 is 11.0. The molecule has 3 rings (SSSR count). The Morgan fingerprint density at radius 3 is 2.70 bits per heavy atom. The van der Waals surface area contributed by atoms with E-state index >= 15 is 0 Å². The number of urea groups is 1. The predicted octanol–water partition coefficient (Wildman–Crippen LogP) is 3.08. The molecular formula is C21H33N3O3. The van der Waals surface area contributed by atoms with Gasteiger partial charge in [-0.25, -0.2) is 4.79 Å². The molecule has 2 saturated heterocycles. The molecule has 1 atom stereocenters. The van der Waals surface area contributed by atoms with Gasteiger partial charge >= 0.3 is 6.03 Å². The summed E-state index contributed by atoms with van der Waals surface area (Å²) in [4.78, 5) is 16.9. The first-order chi connectivity index (χ1) is 13.2. The minimum absolute atomic E-state index is 0.0537. The molecule has 1 N–H and O–H groups in total. The number of hydrogen-bond donors (Lipinski definition) is 1. The van der Waals surface area contributed by atoms with Crippen molar-refractivity contribution in [1.82, 2.24) is 15.1 Å². The number of benzene rings is 1. The fraction of sp³-hybridized carbons (Fsp3) is 0.667. The molecule has 0 bridgehead atoms. The Bertz CT molecular complexity index is 617. The van der Waals surface area contributed by atoms with Crippen LogP contribution in [0.5, 0.6) is 11.5 Å². The maximum Gasteiger partial charge on any atom is 0.317 e. The van der Waals surface area contributed by atoms with Crippen LogP contribution in [0.25, 0.3) is 0 Å². The highest BCUT2D eigenvalue weighted by Gasteiger charge is 2.29. The number of amides is 2. The zero-order chi connectivity index (χ0) is 19.1. The summed E-state index contributed by atoms with van der Waals surface area (Å²) in [6.07, 6.45) is 5.96. The number of hydrogen-bond acceptors (Lipinski definition) is 4. The van der Waals surface area contributed by atoms with E-state index in [-0.39, 0.29) is 11.9 Å². The van der Waals surface area contributed by atoms with Crippen LogP contribution < -0.4 is 14.8 Å². The number of nitrogens with one attached hydrogen (secondary N) is 1. The number of carbonyl (C=O) groups excluding carboxylic acids is 1. The highest BCUT2D eigenvalue weighted by molar-refractivity contribution is 5.74. The van der Waals surface area contributed by atoms with Gasteiger partial charge in [-0.3, -0.25) is 0 Å². The number of likely N-dealkylation sites (tertiary alicyclic amines) is 2. The molecule has 0 aliphatic carbocycles. The van der Waals surface area contributed by atoms with Gasteiger partial charge in [0.1, 0.15) is 0 Å². The van der Waals surface area contributed by atoms with Crippen LogP contribution in [0.2, 0.25) is 0 Å². The quantitative estimate of drug-likeness (QED) is 0.744. The van der Waals surface area contributed by atoms with E-state index in [1.807, 2.05) is 17.0 Å². The number of carbonyl (C=O) groups is 1. The molecule has 0 radical (unpaired) electrons. The summed E-state index contributed by atoms with van der Waals surface area (Å²) in [5, 5.41) is 3.09. The molecule has 0 spiro atoms. The Labute approximate surface area is 162 Å². The van der Waals surface area contributed by atoms with E-state index in [2.05, 4.69) is 16.3 Å². The summed E-state index contributed by atoms with van der Waals surface area (Å²) >= 11 is 0. The zero-order valence-electron chi connectivity index (χ0n) is 16.7. The van der Waals surface area contributed by atoms with Crippen LogP contribution >= 0.6 is 0 Å². The van der Waals surface area contributed by atoms with Gasteiger partial charge < -0.3 is 24.6 Å². The third-order valence-corrected chi connectivity index (χ3v) is 5.72. The molecule has 27 heavy (non-hydrogen) atoms. The van der Waals surface area contributed by atoms with E-state index < -0.39 is 0 Å². The van der Waals surface area contributed by atoms with Crippen LogP contribution in [0.15, 0.2) is 18.2 Å². The Kier molecular flexibility index (Phi) is 7.21. The second kappa shape index (κ2) is 9.83. The van der Waals surface area contributed by atoms with Crippen LogP contribution in [0.3, 0.4) is 0 Å². The normalized spacial score (nSPS) is 20.5. The molecule has 0 saturated carbocycles. The predicted molar refractivity (Wildman–Crippen MR) is 107 cm³/mol. The van der Waals surface area contributed by atoms with Gasteiger partial charge in [0.2, 0.25) is 0 Å². The van der Waals surface area contributed by atoms with Crippen LogP contribution in [0.4, 0.5) is 4.79 Å². The van der Waals surface area contributed by atoms with Gasteiger partial charge in [-0.2, -0.15) is 0 Å². The standard InChI is InChI=1S/C21H33N3O3/c1-26-19-9-6-8-18(20(19)27-2)17-10-15-24(16-17)21(25)22-11-7-14-23-12-4-3-5-13-23/h6,8-9,17H,3-5,7,10-16H2,1-2H3,(H,22,25)/t17-/m0/s1. The minimum Gasteiger partial charge on any atom is -0.493 e. The van der Waals surface area contributed by atoms with Gasteiger partial charge in [0.15, 0.2) is 11.5 Å². The largest absolute Gasteiger partial charge is 0.493 e. The molecule has 2 heterocycles. The second-order valence-corrected chi connectivity index (χ2v) is 7.50. The maximum atomic E-state index is 12.5. The molecule has 1 aromatic rings.